The van der Waals surface area contributed by atoms with E-state index < -0.39 is 0 Å². The van der Waals surface area contributed by atoms with E-state index in [-0.39, 0.29) is 5.91 Å². The Hall–Kier alpha value is -2.87. The molecule has 1 aromatic heterocycles. The Morgan fingerprint density at radius 3 is 2.74 bits per heavy atom. The SMILES string of the molecule is CCCNC(=O)CN1CCC(NC(=NCc2cccc(-n3cccn3)c2)NCC)CC1. The van der Waals surface area contributed by atoms with Crippen LogP contribution in [-0.4, -0.2) is 65.3 Å². The zero-order valence-corrected chi connectivity index (χ0v) is 18.7. The first-order valence-corrected chi connectivity index (χ1v) is 11.3. The molecule has 1 saturated heterocycles. The lowest BCUT2D eigenvalue weighted by Crippen LogP contribution is -2.50. The Morgan fingerprint density at radius 1 is 1.19 bits per heavy atom. The fraction of sp³-hybridized carbons (Fsp3) is 0.522. The number of likely N-dealkylation sites (tertiary alicyclic amines) is 1. The van der Waals surface area contributed by atoms with Crippen LogP contribution in [0.15, 0.2) is 47.7 Å². The third-order valence-corrected chi connectivity index (χ3v) is 5.31. The highest BCUT2D eigenvalue weighted by molar-refractivity contribution is 5.80. The molecule has 2 aromatic rings. The van der Waals surface area contributed by atoms with Crippen molar-refractivity contribution in [1.82, 2.24) is 30.6 Å². The molecular formula is C23H35N7O. The third kappa shape index (κ3) is 7.40. The normalized spacial score (nSPS) is 15.6. The van der Waals surface area contributed by atoms with Gasteiger partial charge in [0.2, 0.25) is 5.91 Å². The van der Waals surface area contributed by atoms with E-state index in [4.69, 9.17) is 4.99 Å². The van der Waals surface area contributed by atoms with Crippen LogP contribution in [0.3, 0.4) is 0 Å². The van der Waals surface area contributed by atoms with Gasteiger partial charge in [0, 0.05) is 44.6 Å². The number of carbonyl (C=O) groups is 1. The van der Waals surface area contributed by atoms with Crippen molar-refractivity contribution < 1.29 is 4.79 Å². The summed E-state index contributed by atoms with van der Waals surface area (Å²) in [7, 11) is 0. The number of nitrogens with zero attached hydrogens (tertiary/aromatic N) is 4. The van der Waals surface area contributed by atoms with E-state index in [0.717, 1.165) is 62.7 Å². The molecule has 0 bridgehead atoms. The molecule has 31 heavy (non-hydrogen) atoms. The van der Waals surface area contributed by atoms with Crippen LogP contribution in [0.2, 0.25) is 0 Å². The van der Waals surface area contributed by atoms with Gasteiger partial charge in [-0.2, -0.15) is 5.10 Å². The Labute approximate surface area is 185 Å². The molecule has 8 nitrogen and oxygen atoms in total. The van der Waals surface area contributed by atoms with Crippen LogP contribution < -0.4 is 16.0 Å². The van der Waals surface area contributed by atoms with Crippen LogP contribution >= 0.6 is 0 Å². The topological polar surface area (TPSA) is 86.6 Å². The second kappa shape index (κ2) is 12.1. The second-order valence-corrected chi connectivity index (χ2v) is 7.86. The maximum absolute atomic E-state index is 11.9. The van der Waals surface area contributed by atoms with Gasteiger partial charge < -0.3 is 16.0 Å². The fourth-order valence-corrected chi connectivity index (χ4v) is 3.66. The summed E-state index contributed by atoms with van der Waals surface area (Å²) in [6.07, 6.45) is 6.69. The summed E-state index contributed by atoms with van der Waals surface area (Å²) in [4.78, 5) is 18.9. The third-order valence-electron chi connectivity index (χ3n) is 5.31. The molecule has 3 N–H and O–H groups in total. The summed E-state index contributed by atoms with van der Waals surface area (Å²) in [5, 5.41) is 14.2. The molecule has 0 radical (unpaired) electrons. The first-order chi connectivity index (χ1) is 15.2. The molecule has 1 amide bonds. The molecule has 0 atom stereocenters. The molecule has 1 aliphatic rings. The second-order valence-electron chi connectivity index (χ2n) is 7.86. The molecule has 1 fully saturated rings. The van der Waals surface area contributed by atoms with E-state index in [1.54, 1.807) is 6.20 Å². The van der Waals surface area contributed by atoms with Gasteiger partial charge in [-0.15, -0.1) is 0 Å². The quantitative estimate of drug-likeness (QED) is 0.422. The van der Waals surface area contributed by atoms with E-state index in [0.29, 0.717) is 19.1 Å². The van der Waals surface area contributed by atoms with Crippen LogP contribution in [-0.2, 0) is 11.3 Å². The maximum Gasteiger partial charge on any atom is 0.234 e. The van der Waals surface area contributed by atoms with E-state index in [1.165, 1.54) is 0 Å². The van der Waals surface area contributed by atoms with E-state index >= 15 is 0 Å². The van der Waals surface area contributed by atoms with Crippen LogP contribution in [0.4, 0.5) is 0 Å². The number of rotatable bonds is 9. The van der Waals surface area contributed by atoms with Crippen molar-refractivity contribution in [3.63, 3.8) is 0 Å². The van der Waals surface area contributed by atoms with Gasteiger partial charge in [0.25, 0.3) is 0 Å². The number of nitrogens with one attached hydrogen (secondary N) is 3. The first kappa shape index (κ1) is 22.8. The number of aliphatic imine (C=N–C) groups is 1. The van der Waals surface area contributed by atoms with Crippen molar-refractivity contribution >= 4 is 11.9 Å². The Bertz CT molecular complexity index is 826. The van der Waals surface area contributed by atoms with Crippen molar-refractivity contribution in [2.75, 3.05) is 32.7 Å². The zero-order valence-electron chi connectivity index (χ0n) is 18.7. The highest BCUT2D eigenvalue weighted by Crippen LogP contribution is 2.12. The largest absolute Gasteiger partial charge is 0.357 e. The standard InChI is InChI=1S/C23H35N7O/c1-3-11-25-22(31)18-29-14-9-20(10-15-29)28-23(24-4-2)26-17-19-7-5-8-21(16-19)30-13-6-12-27-30/h5-8,12-13,16,20H,3-4,9-11,14-15,17-18H2,1-2H3,(H,25,31)(H2,24,26,28). The monoisotopic (exact) mass is 425 g/mol. The van der Waals surface area contributed by atoms with Gasteiger partial charge in [-0.25, -0.2) is 9.67 Å². The summed E-state index contributed by atoms with van der Waals surface area (Å²) in [6, 6.07) is 10.6. The Morgan fingerprint density at radius 2 is 2.03 bits per heavy atom. The van der Waals surface area contributed by atoms with Gasteiger partial charge in [-0.3, -0.25) is 9.69 Å². The van der Waals surface area contributed by atoms with Crippen molar-refractivity contribution in [3.05, 3.63) is 48.3 Å². The molecule has 0 spiro atoms. The minimum atomic E-state index is 0.125. The summed E-state index contributed by atoms with van der Waals surface area (Å²) in [5.74, 6) is 0.964. The molecule has 1 aromatic carbocycles. The fourth-order valence-electron chi connectivity index (χ4n) is 3.66. The smallest absolute Gasteiger partial charge is 0.234 e. The van der Waals surface area contributed by atoms with Gasteiger partial charge in [-0.1, -0.05) is 19.1 Å². The number of piperidine rings is 1. The predicted molar refractivity (Wildman–Crippen MR) is 124 cm³/mol. The lowest BCUT2D eigenvalue weighted by Gasteiger charge is -2.32. The number of amides is 1. The Kier molecular flexibility index (Phi) is 8.90. The molecule has 0 saturated carbocycles. The highest BCUT2D eigenvalue weighted by atomic mass is 16.2. The lowest BCUT2D eigenvalue weighted by atomic mass is 10.1. The van der Waals surface area contributed by atoms with E-state index in [1.807, 2.05) is 29.1 Å². The molecule has 2 heterocycles. The van der Waals surface area contributed by atoms with Crippen LogP contribution in [0, 0.1) is 0 Å². The molecule has 3 rings (SSSR count). The lowest BCUT2D eigenvalue weighted by molar-refractivity contribution is -0.122. The zero-order chi connectivity index (χ0) is 21.9. The minimum Gasteiger partial charge on any atom is -0.357 e. The van der Waals surface area contributed by atoms with Crippen LogP contribution in [0.1, 0.15) is 38.7 Å². The summed E-state index contributed by atoms with van der Waals surface area (Å²) in [6.45, 7) is 8.64. The summed E-state index contributed by atoms with van der Waals surface area (Å²) >= 11 is 0. The number of aromatic nitrogens is 2. The number of benzene rings is 1. The van der Waals surface area contributed by atoms with Crippen molar-refractivity contribution in [1.29, 1.82) is 0 Å². The van der Waals surface area contributed by atoms with Gasteiger partial charge >= 0.3 is 0 Å². The Balaban J connectivity index is 1.50. The highest BCUT2D eigenvalue weighted by Gasteiger charge is 2.21. The summed E-state index contributed by atoms with van der Waals surface area (Å²) < 4.78 is 1.85. The minimum absolute atomic E-state index is 0.125. The molecule has 1 aliphatic heterocycles. The van der Waals surface area contributed by atoms with Crippen molar-refractivity contribution in [3.8, 4) is 5.69 Å². The molecule has 168 valence electrons. The van der Waals surface area contributed by atoms with Gasteiger partial charge in [0.1, 0.15) is 0 Å². The molecule has 0 aliphatic carbocycles. The summed E-state index contributed by atoms with van der Waals surface area (Å²) in [5.41, 5.74) is 2.17. The van der Waals surface area contributed by atoms with E-state index in [2.05, 4.69) is 51.9 Å². The van der Waals surface area contributed by atoms with Crippen LogP contribution in [0.5, 0.6) is 0 Å². The molecule has 8 heteroatoms. The van der Waals surface area contributed by atoms with E-state index in [9.17, 15) is 4.79 Å². The first-order valence-electron chi connectivity index (χ1n) is 11.3. The average Bonchev–Trinajstić information content (AvgIpc) is 3.33. The predicted octanol–water partition coefficient (Wildman–Crippen LogP) is 1.92. The number of guanidine groups is 1. The van der Waals surface area contributed by atoms with Gasteiger partial charge in [0.05, 0.1) is 18.8 Å². The number of carbonyl (C=O) groups excluding carboxylic acids is 1. The average molecular weight is 426 g/mol. The van der Waals surface area contributed by atoms with Crippen LogP contribution in [0.25, 0.3) is 5.69 Å². The van der Waals surface area contributed by atoms with Gasteiger partial charge in [0.15, 0.2) is 5.96 Å². The van der Waals surface area contributed by atoms with Gasteiger partial charge in [-0.05, 0) is 49.9 Å². The van der Waals surface area contributed by atoms with Crippen molar-refractivity contribution in [2.24, 2.45) is 4.99 Å². The number of hydrogen-bond acceptors (Lipinski definition) is 4. The molecular weight excluding hydrogens is 390 g/mol. The van der Waals surface area contributed by atoms with Crippen molar-refractivity contribution in [2.45, 2.75) is 45.7 Å². The number of hydrogen-bond donors (Lipinski definition) is 3. The maximum atomic E-state index is 11.9. The molecule has 0 unspecified atom stereocenters.